The van der Waals surface area contributed by atoms with E-state index in [2.05, 4.69) is 21.3 Å². The molecule has 0 aliphatic carbocycles. The van der Waals surface area contributed by atoms with Crippen molar-refractivity contribution in [3.05, 3.63) is 65.2 Å². The van der Waals surface area contributed by atoms with Crippen LogP contribution in [0.4, 0.5) is 4.79 Å². The molecule has 30 heteroatoms. The lowest BCUT2D eigenvalue weighted by Gasteiger charge is -2.49. The lowest BCUT2D eigenvalue weighted by molar-refractivity contribution is -0.271. The van der Waals surface area contributed by atoms with Crippen LogP contribution in [0.2, 0.25) is 0 Å². The number of aliphatic hydroxyl groups is 5. The highest BCUT2D eigenvalue weighted by atomic mass is 16.7. The molecule has 30 nitrogen and oxygen atoms in total. The fourth-order valence-corrected chi connectivity index (χ4v) is 12.4. The van der Waals surface area contributed by atoms with E-state index in [-0.39, 0.29) is 93.5 Å². The monoisotopic (exact) mass is 1360 g/mol. The largest absolute Gasteiger partial charge is 0.479 e. The second-order valence-corrected chi connectivity index (χ2v) is 25.9. The van der Waals surface area contributed by atoms with Crippen molar-refractivity contribution in [1.82, 2.24) is 40.9 Å². The summed E-state index contributed by atoms with van der Waals surface area (Å²) in [5.74, 6) is -6.88. The molecule has 15 atom stereocenters. The fourth-order valence-electron chi connectivity index (χ4n) is 12.4. The third-order valence-electron chi connectivity index (χ3n) is 18.3. The van der Waals surface area contributed by atoms with Gasteiger partial charge in [-0.15, -0.1) is 0 Å². The molecule has 8 amide bonds. The number of carbonyl (C=O) groups excluding carboxylic acids is 8. The molecule has 0 unspecified atom stereocenters. The number of aliphatic carboxylic acids is 1. The maximum atomic E-state index is 14.9. The van der Waals surface area contributed by atoms with Crippen molar-refractivity contribution in [2.45, 2.75) is 192 Å². The first-order valence-corrected chi connectivity index (χ1v) is 32.7. The second kappa shape index (κ2) is 37.0. The number of likely N-dealkylation sites (N-methyl/N-ethyl adjacent to an activating group) is 2. The number of nitrogens with one attached hydrogen (secondary N) is 4. The third-order valence-corrected chi connectivity index (χ3v) is 18.3. The van der Waals surface area contributed by atoms with Crippen LogP contribution >= 0.6 is 0 Å². The topological polar surface area (TPSA) is 417 Å². The second-order valence-electron chi connectivity index (χ2n) is 25.9. The number of amides is 8. The van der Waals surface area contributed by atoms with Crippen molar-refractivity contribution in [2.75, 3.05) is 74.3 Å². The Balaban J connectivity index is 1.24. The van der Waals surface area contributed by atoms with Gasteiger partial charge in [0.15, 0.2) is 6.10 Å². The van der Waals surface area contributed by atoms with Gasteiger partial charge in [0.1, 0.15) is 55.0 Å². The molecule has 3 fully saturated rings. The summed E-state index contributed by atoms with van der Waals surface area (Å²) in [4.78, 5) is 127. The van der Waals surface area contributed by atoms with Crippen LogP contribution in [0.5, 0.6) is 5.75 Å². The van der Waals surface area contributed by atoms with E-state index in [0.717, 1.165) is 4.90 Å². The Labute approximate surface area is 561 Å². The predicted molar refractivity (Wildman–Crippen MR) is 345 cm³/mol. The van der Waals surface area contributed by atoms with Crippen LogP contribution < -0.4 is 31.7 Å². The number of hydrogen-bond donors (Lipinski definition) is 11. The van der Waals surface area contributed by atoms with Crippen LogP contribution in [0.15, 0.2) is 48.5 Å². The van der Waals surface area contributed by atoms with Crippen LogP contribution in [0, 0.1) is 23.7 Å². The summed E-state index contributed by atoms with van der Waals surface area (Å²) in [5.41, 5.74) is 6.04. The summed E-state index contributed by atoms with van der Waals surface area (Å²) in [7, 11) is 5.93. The molecule has 5 rings (SSSR count). The van der Waals surface area contributed by atoms with Crippen LogP contribution in [0.1, 0.15) is 117 Å². The van der Waals surface area contributed by atoms with Gasteiger partial charge in [0, 0.05) is 72.9 Å². The minimum atomic E-state index is -2.02. The lowest BCUT2D eigenvalue weighted by Crippen LogP contribution is -2.68. The smallest absolute Gasteiger partial charge is 0.410 e. The highest BCUT2D eigenvalue weighted by Crippen LogP contribution is 2.32. The van der Waals surface area contributed by atoms with Gasteiger partial charge in [0.25, 0.3) is 0 Å². The summed E-state index contributed by atoms with van der Waals surface area (Å²) < 4.78 is 34.7. The molecule has 96 heavy (non-hydrogen) atoms. The van der Waals surface area contributed by atoms with Crippen LogP contribution in [-0.2, 0) is 75.2 Å². The lowest BCUT2D eigenvalue weighted by atomic mass is 9.89. The highest BCUT2D eigenvalue weighted by Gasteiger charge is 2.50. The summed E-state index contributed by atoms with van der Waals surface area (Å²) in [5, 5.41) is 72.4. The van der Waals surface area contributed by atoms with Gasteiger partial charge in [0.05, 0.1) is 68.5 Å². The Bertz CT molecular complexity index is 2920. The number of methoxy groups -OCH3 is 2. The third kappa shape index (κ3) is 20.7. The first-order valence-electron chi connectivity index (χ1n) is 32.7. The van der Waals surface area contributed by atoms with Gasteiger partial charge < -0.3 is 101 Å². The number of aliphatic hydroxyl groups excluding tert-OH is 5. The number of carbonyl (C=O) groups is 9. The standard InChI is InChI=1S/C66H103N9O21/c1-13-38(6)53(46(91-11)29-50(80)75-26-17-20-44(75)58(92-12)39(7)60(85)70-40(8)54(81)42-18-15-14-16-19-42)72(9)62(87)51(36(2)3)71-61(86)52(37(4)5)73(10)65(90)93-31-41-21-22-45(95-64-57(84)55(82)56(83)59(96-64)63(88)89)43(28-41)30-69-47(77)23-25-68-48(78)32-94-66(33-67)34-74(35-66)49(79)24-27-76/h14-16,18-19,21-22,28,36-40,44,46,51-59,64,76,81-84H,13,17,20,23-27,29-35,67H2,1-12H3,(H,68,78)(H,69,77)(H,70,85)(H,71,86)(H,88,89)/t38-,39+,40+,44-,46+,51-,52-,53-,54+,55-,56-,57+,58+,59-,64+/m0/s1. The van der Waals surface area contributed by atoms with Gasteiger partial charge in [-0.3, -0.25) is 38.5 Å². The van der Waals surface area contributed by atoms with Gasteiger partial charge in [-0.25, -0.2) is 9.59 Å². The molecule has 0 saturated carbocycles. The van der Waals surface area contributed by atoms with Crippen molar-refractivity contribution in [3.63, 3.8) is 0 Å². The van der Waals surface area contributed by atoms with Crippen LogP contribution in [0.3, 0.4) is 0 Å². The number of carboxylic acid groups (broad SMARTS) is 1. The normalized spacial score (nSPS) is 22.0. The number of ether oxygens (including phenoxy) is 6. The minimum absolute atomic E-state index is 0.0221. The van der Waals surface area contributed by atoms with Gasteiger partial charge in [-0.1, -0.05) is 91.3 Å². The Morgan fingerprint density at radius 1 is 0.812 bits per heavy atom. The highest BCUT2D eigenvalue weighted by molar-refractivity contribution is 5.92. The van der Waals surface area contributed by atoms with Crippen LogP contribution in [0.25, 0.3) is 0 Å². The molecule has 3 aliphatic heterocycles. The van der Waals surface area contributed by atoms with E-state index in [1.807, 2.05) is 19.9 Å². The van der Waals surface area contributed by atoms with E-state index in [1.54, 1.807) is 77.8 Å². The van der Waals surface area contributed by atoms with E-state index in [0.29, 0.717) is 36.9 Å². The number of nitrogens with zero attached hydrogens (tertiary/aromatic N) is 4. The predicted octanol–water partition coefficient (Wildman–Crippen LogP) is -0.0888. The zero-order valence-corrected chi connectivity index (χ0v) is 57.2. The number of nitrogens with two attached hydrogens (primary N) is 1. The molecule has 0 bridgehead atoms. The van der Waals surface area contributed by atoms with Crippen molar-refractivity contribution >= 4 is 53.4 Å². The molecular formula is C66H103N9O21. The molecule has 0 aromatic heterocycles. The molecular weight excluding hydrogens is 1250 g/mol. The van der Waals surface area contributed by atoms with E-state index in [9.17, 15) is 68.7 Å². The van der Waals surface area contributed by atoms with Crippen molar-refractivity contribution < 1.29 is 102 Å². The van der Waals surface area contributed by atoms with E-state index < -0.39 is 151 Å². The summed E-state index contributed by atoms with van der Waals surface area (Å²) in [6.07, 6.45) is -11.9. The number of rotatable bonds is 36. The van der Waals surface area contributed by atoms with Gasteiger partial charge in [0.2, 0.25) is 47.6 Å². The number of likely N-dealkylation sites (tertiary alicyclic amines) is 2. The molecule has 3 aliphatic rings. The summed E-state index contributed by atoms with van der Waals surface area (Å²) >= 11 is 0. The molecule has 3 saturated heterocycles. The first kappa shape index (κ1) is 79.6. The zero-order valence-electron chi connectivity index (χ0n) is 57.2. The van der Waals surface area contributed by atoms with Gasteiger partial charge >= 0.3 is 12.1 Å². The number of carboxylic acids is 1. The minimum Gasteiger partial charge on any atom is -0.479 e. The zero-order chi connectivity index (χ0) is 71.5. The molecule has 12 N–H and O–H groups in total. The summed E-state index contributed by atoms with van der Waals surface area (Å²) in [6, 6.07) is 9.14. The van der Waals surface area contributed by atoms with Crippen molar-refractivity contribution in [3.8, 4) is 5.75 Å². The van der Waals surface area contributed by atoms with Crippen molar-refractivity contribution in [1.29, 1.82) is 0 Å². The maximum absolute atomic E-state index is 14.9. The first-order chi connectivity index (χ1) is 45.4. The molecule has 0 spiro atoms. The van der Waals surface area contributed by atoms with E-state index in [1.165, 1.54) is 49.3 Å². The Morgan fingerprint density at radius 3 is 2.08 bits per heavy atom. The molecule has 538 valence electrons. The Hall–Kier alpha value is -7.13. The van der Waals surface area contributed by atoms with Gasteiger partial charge in [-0.05, 0) is 60.8 Å². The fraction of sp³-hybridized carbons (Fsp3) is 0.682. The maximum Gasteiger partial charge on any atom is 0.410 e. The van der Waals surface area contributed by atoms with Gasteiger partial charge in [-0.2, -0.15) is 0 Å². The number of hydrogen-bond acceptors (Lipinski definition) is 21. The summed E-state index contributed by atoms with van der Waals surface area (Å²) in [6.45, 7) is 13.4. The Morgan fingerprint density at radius 2 is 1.49 bits per heavy atom. The molecule has 3 heterocycles. The quantitative estimate of drug-likeness (QED) is 0.0425. The SMILES string of the molecule is CC[C@H](C)[C@@H]([C@@H](CC(=O)N1CCC[C@H]1[C@H](OC)[C@@H](C)C(=O)N[C@H](C)[C@@H](O)c1ccccc1)OC)N(C)C(=O)[C@@H](NC(=O)[C@H](C(C)C)N(C)C(=O)OCc1ccc(O[C@@H]2O[C@H](C(=O)O)[C@@H](O)[C@H](O)[C@H]2O)c(CNC(=O)CCNC(=O)COC2(CN)CN(C(=O)CCO)C2)c1)C(C)C. The average Bonchev–Trinajstić information content (AvgIpc) is 0.924. The average molecular weight is 1360 g/mol. The van der Waals surface area contributed by atoms with E-state index >= 15 is 0 Å². The molecule has 2 aromatic carbocycles. The van der Waals surface area contributed by atoms with Crippen LogP contribution in [-0.4, -0.2) is 257 Å². The number of benzene rings is 2. The van der Waals surface area contributed by atoms with E-state index in [4.69, 9.17) is 39.3 Å². The Kier molecular flexibility index (Phi) is 30.7. The molecule has 0 radical (unpaired) electrons. The van der Waals surface area contributed by atoms with Crippen molar-refractivity contribution in [2.24, 2.45) is 29.4 Å². The molecule has 2 aromatic rings.